The van der Waals surface area contributed by atoms with Gasteiger partial charge in [-0.15, -0.1) is 11.3 Å². The predicted molar refractivity (Wildman–Crippen MR) is 79.9 cm³/mol. The summed E-state index contributed by atoms with van der Waals surface area (Å²) in [7, 11) is 0. The average molecular weight is 336 g/mol. The lowest BCUT2D eigenvalue weighted by atomic mass is 9.90. The quantitative estimate of drug-likeness (QED) is 0.907. The number of thiophene rings is 1. The van der Waals surface area contributed by atoms with Gasteiger partial charge in [-0.3, -0.25) is 4.79 Å². The highest BCUT2D eigenvalue weighted by molar-refractivity contribution is 7.20. The molecule has 0 spiro atoms. The Morgan fingerprint density at radius 2 is 2.20 bits per heavy atom. The fourth-order valence-corrected chi connectivity index (χ4v) is 4.26. The molecule has 0 bridgehead atoms. The maximum atomic E-state index is 12.6. The Bertz CT molecular complexity index is 546. The third kappa shape index (κ3) is 2.54. The van der Waals surface area contributed by atoms with Crippen molar-refractivity contribution in [2.24, 2.45) is 0 Å². The lowest BCUT2D eigenvalue weighted by Crippen LogP contribution is -2.53. The number of aliphatic carboxylic acids is 1. The highest BCUT2D eigenvalue weighted by atomic mass is 35.5. The van der Waals surface area contributed by atoms with E-state index in [2.05, 4.69) is 0 Å². The number of carboxylic acid groups (broad SMARTS) is 1. The van der Waals surface area contributed by atoms with E-state index in [0.29, 0.717) is 46.5 Å². The predicted octanol–water partition coefficient (Wildman–Crippen LogP) is 3.91. The van der Waals surface area contributed by atoms with Gasteiger partial charge < -0.3 is 10.0 Å². The fraction of sp³-hybridized carbons (Fsp3) is 0.538. The van der Waals surface area contributed by atoms with E-state index in [1.807, 2.05) is 6.92 Å². The van der Waals surface area contributed by atoms with Gasteiger partial charge in [-0.25, -0.2) is 4.79 Å². The third-order valence-electron chi connectivity index (χ3n) is 3.68. The molecule has 1 atom stereocenters. The van der Waals surface area contributed by atoms with Crippen molar-refractivity contribution in [3.8, 4) is 0 Å². The van der Waals surface area contributed by atoms with Crippen LogP contribution in [0.4, 0.5) is 0 Å². The number of carboxylic acids is 1. The number of hydrogen-bond acceptors (Lipinski definition) is 3. The van der Waals surface area contributed by atoms with Crippen LogP contribution in [0.5, 0.6) is 0 Å². The van der Waals surface area contributed by atoms with Crippen LogP contribution in [0.2, 0.25) is 8.67 Å². The van der Waals surface area contributed by atoms with Gasteiger partial charge in [0.2, 0.25) is 0 Å². The van der Waals surface area contributed by atoms with Crippen LogP contribution in [0.1, 0.15) is 43.0 Å². The average Bonchev–Trinajstić information content (AvgIpc) is 2.93. The molecule has 1 N–H and O–H groups in total. The lowest BCUT2D eigenvalue weighted by Gasteiger charge is -2.34. The van der Waals surface area contributed by atoms with E-state index in [4.69, 9.17) is 23.2 Å². The smallest absolute Gasteiger partial charge is 0.329 e. The van der Waals surface area contributed by atoms with E-state index in [9.17, 15) is 14.7 Å². The summed E-state index contributed by atoms with van der Waals surface area (Å²) < 4.78 is 0.733. The van der Waals surface area contributed by atoms with E-state index in [0.717, 1.165) is 11.3 Å². The molecule has 110 valence electrons. The normalized spacial score (nSPS) is 22.2. The molecular weight excluding hydrogens is 321 g/mol. The minimum atomic E-state index is -1.11. The van der Waals surface area contributed by atoms with Crippen LogP contribution in [0.3, 0.4) is 0 Å². The second kappa shape index (κ2) is 5.92. The molecular formula is C13H15Cl2NO3S. The first-order chi connectivity index (χ1) is 9.42. The fourth-order valence-electron chi connectivity index (χ4n) is 2.81. The second-order valence-corrected chi connectivity index (χ2v) is 7.17. The largest absolute Gasteiger partial charge is 0.479 e. The van der Waals surface area contributed by atoms with Crippen LogP contribution >= 0.6 is 34.5 Å². The summed E-state index contributed by atoms with van der Waals surface area (Å²) in [6.07, 6.45) is 2.32. The van der Waals surface area contributed by atoms with Crippen LogP contribution in [0, 0.1) is 0 Å². The Morgan fingerprint density at radius 3 is 2.70 bits per heavy atom. The van der Waals surface area contributed by atoms with Crippen LogP contribution in [-0.4, -0.2) is 34.0 Å². The van der Waals surface area contributed by atoms with Crippen LogP contribution in [0.15, 0.2) is 6.07 Å². The van der Waals surface area contributed by atoms with Crippen molar-refractivity contribution in [3.05, 3.63) is 20.3 Å². The molecule has 1 fully saturated rings. The summed E-state index contributed by atoms with van der Waals surface area (Å²) in [6.45, 7) is 2.36. The number of hydrogen-bond donors (Lipinski definition) is 1. The van der Waals surface area contributed by atoms with Gasteiger partial charge in [-0.2, -0.15) is 0 Å². The minimum Gasteiger partial charge on any atom is -0.479 e. The number of rotatable bonds is 4. The molecule has 2 heterocycles. The summed E-state index contributed by atoms with van der Waals surface area (Å²) in [5, 5.41) is 9.59. The maximum absolute atomic E-state index is 12.6. The number of amides is 1. The monoisotopic (exact) mass is 335 g/mol. The van der Waals surface area contributed by atoms with Crippen molar-refractivity contribution in [3.63, 3.8) is 0 Å². The molecule has 2 rings (SSSR count). The number of likely N-dealkylation sites (tertiary alicyclic amines) is 1. The zero-order valence-electron chi connectivity index (χ0n) is 11.0. The molecule has 1 aliphatic heterocycles. The van der Waals surface area contributed by atoms with Crippen LogP contribution < -0.4 is 0 Å². The van der Waals surface area contributed by atoms with Crippen molar-refractivity contribution in [1.82, 2.24) is 4.90 Å². The van der Waals surface area contributed by atoms with Gasteiger partial charge in [-0.05, 0) is 25.3 Å². The van der Waals surface area contributed by atoms with E-state index in [1.54, 1.807) is 0 Å². The number of carbonyl (C=O) groups is 2. The number of carbonyl (C=O) groups excluding carboxylic acids is 1. The van der Waals surface area contributed by atoms with Gasteiger partial charge in [0.05, 0.1) is 9.90 Å². The van der Waals surface area contributed by atoms with E-state index >= 15 is 0 Å². The summed E-state index contributed by atoms with van der Waals surface area (Å²) in [5.41, 5.74) is -0.811. The SMILES string of the molecule is CCCC1(C(=O)O)CCCN1C(=O)c1cc(Cl)sc1Cl. The molecule has 1 saturated heterocycles. The Labute approximate surface area is 131 Å². The van der Waals surface area contributed by atoms with Crippen molar-refractivity contribution in [2.45, 2.75) is 38.1 Å². The first-order valence-electron chi connectivity index (χ1n) is 6.42. The molecule has 0 saturated carbocycles. The lowest BCUT2D eigenvalue weighted by molar-refractivity contribution is -0.148. The van der Waals surface area contributed by atoms with Crippen molar-refractivity contribution in [2.75, 3.05) is 6.54 Å². The van der Waals surface area contributed by atoms with Gasteiger partial charge >= 0.3 is 5.97 Å². The van der Waals surface area contributed by atoms with Gasteiger partial charge in [-0.1, -0.05) is 36.5 Å². The summed E-state index contributed by atoms with van der Waals surface area (Å²) >= 11 is 13.0. The van der Waals surface area contributed by atoms with E-state index in [1.165, 1.54) is 11.0 Å². The summed E-state index contributed by atoms with van der Waals surface area (Å²) in [5.74, 6) is -1.28. The van der Waals surface area contributed by atoms with Crippen LogP contribution in [-0.2, 0) is 4.79 Å². The molecule has 20 heavy (non-hydrogen) atoms. The van der Waals surface area contributed by atoms with Gasteiger partial charge in [0.25, 0.3) is 5.91 Å². The Morgan fingerprint density at radius 1 is 1.50 bits per heavy atom. The van der Waals surface area contributed by atoms with Gasteiger partial charge in [0.15, 0.2) is 0 Å². The topological polar surface area (TPSA) is 57.6 Å². The number of nitrogens with zero attached hydrogens (tertiary/aromatic N) is 1. The summed E-state index contributed by atoms with van der Waals surface area (Å²) in [6, 6.07) is 1.51. The summed E-state index contributed by atoms with van der Waals surface area (Å²) in [4.78, 5) is 25.7. The Balaban J connectivity index is 2.37. The molecule has 0 aliphatic carbocycles. The van der Waals surface area contributed by atoms with Crippen molar-refractivity contribution < 1.29 is 14.7 Å². The third-order valence-corrected chi connectivity index (χ3v) is 5.17. The second-order valence-electron chi connectivity index (χ2n) is 4.88. The zero-order chi connectivity index (χ0) is 14.9. The molecule has 1 unspecified atom stereocenters. The maximum Gasteiger partial charge on any atom is 0.329 e. The van der Waals surface area contributed by atoms with E-state index < -0.39 is 11.5 Å². The van der Waals surface area contributed by atoms with E-state index in [-0.39, 0.29) is 5.91 Å². The molecule has 0 aromatic carbocycles. The van der Waals surface area contributed by atoms with Crippen molar-refractivity contribution in [1.29, 1.82) is 0 Å². The molecule has 1 aliphatic rings. The molecule has 4 nitrogen and oxygen atoms in total. The molecule has 0 radical (unpaired) electrons. The Hall–Kier alpha value is -0.780. The molecule has 1 aromatic heterocycles. The molecule has 1 amide bonds. The molecule has 7 heteroatoms. The minimum absolute atomic E-state index is 0.297. The highest BCUT2D eigenvalue weighted by Crippen LogP contribution is 2.38. The first kappa shape index (κ1) is 15.6. The number of halogens is 2. The molecule has 1 aromatic rings. The first-order valence-corrected chi connectivity index (χ1v) is 8.00. The van der Waals surface area contributed by atoms with Crippen LogP contribution in [0.25, 0.3) is 0 Å². The Kier molecular flexibility index (Phi) is 4.62. The highest BCUT2D eigenvalue weighted by Gasteiger charge is 2.49. The van der Waals surface area contributed by atoms with Gasteiger partial charge in [0.1, 0.15) is 9.88 Å². The van der Waals surface area contributed by atoms with Crippen molar-refractivity contribution >= 4 is 46.4 Å². The zero-order valence-corrected chi connectivity index (χ0v) is 13.3. The standard InChI is InChI=1S/C13H15Cl2NO3S/c1-2-4-13(12(18)19)5-3-6-16(13)11(17)8-7-9(14)20-10(8)15/h7H,2-6H2,1H3,(H,18,19). The van der Waals surface area contributed by atoms with Gasteiger partial charge in [0, 0.05) is 6.54 Å².